The number of aromatic nitrogens is 4. The quantitative estimate of drug-likeness (QED) is 0.388. The van der Waals surface area contributed by atoms with Gasteiger partial charge in [0.25, 0.3) is 0 Å². The molecule has 9 nitrogen and oxygen atoms in total. The lowest BCUT2D eigenvalue weighted by Gasteiger charge is -2.04. The van der Waals surface area contributed by atoms with Gasteiger partial charge < -0.3 is 21.3 Å². The number of esters is 1. The number of carbonyl (C=O) groups excluding carboxylic acids is 1. The molecule has 0 amide bonds. The molecule has 0 saturated carbocycles. The van der Waals surface area contributed by atoms with Crippen molar-refractivity contribution in [2.45, 2.75) is 23.8 Å². The summed E-state index contributed by atoms with van der Waals surface area (Å²) in [6.07, 6.45) is 6.62. The topological polar surface area (TPSA) is 150 Å². The summed E-state index contributed by atoms with van der Waals surface area (Å²) in [5, 5.41) is 9.88. The van der Waals surface area contributed by atoms with Gasteiger partial charge in [-0.2, -0.15) is 0 Å². The number of aliphatic hydroxyl groups is 1. The summed E-state index contributed by atoms with van der Waals surface area (Å²) in [4.78, 5) is 27.0. The predicted molar refractivity (Wildman–Crippen MR) is 98.3 cm³/mol. The van der Waals surface area contributed by atoms with Crippen molar-refractivity contribution in [3.8, 4) is 0 Å². The first-order valence-corrected chi connectivity index (χ1v) is 9.51. The Morgan fingerprint density at radius 1 is 1.12 bits per heavy atom. The van der Waals surface area contributed by atoms with Gasteiger partial charge in [0.15, 0.2) is 10.3 Å². The summed E-state index contributed by atoms with van der Waals surface area (Å²) in [7, 11) is 0. The summed E-state index contributed by atoms with van der Waals surface area (Å²) >= 11 is 2.78. The van der Waals surface area contributed by atoms with E-state index in [1.807, 2.05) is 12.5 Å². The van der Waals surface area contributed by atoms with Gasteiger partial charge in [0, 0.05) is 18.0 Å². The second-order valence-electron chi connectivity index (χ2n) is 4.30. The number of anilines is 2. The maximum absolute atomic E-state index is 11.3. The van der Waals surface area contributed by atoms with E-state index in [0.717, 1.165) is 0 Å². The monoisotopic (exact) mass is 384 g/mol. The second-order valence-corrected chi connectivity index (χ2v) is 5.85. The standard InChI is InChI=1S/C8H11N3O2S.C6H9N3OS/c1-3-13-7(12)5-4-10-8(14-2)11-6(5)9;1-11-6-8-2-4(3-10)5(7)9-6/h4H,3H2,1-2H3,(H2,9,10,11);2,10H,3H2,1H3,(H2,7,8,9). The Bertz CT molecular complexity index is 717. The van der Waals surface area contributed by atoms with E-state index in [-0.39, 0.29) is 18.0 Å². The van der Waals surface area contributed by atoms with E-state index in [1.54, 1.807) is 6.92 Å². The third kappa shape index (κ3) is 6.36. The van der Waals surface area contributed by atoms with Crippen LogP contribution in [-0.4, -0.2) is 50.1 Å². The molecule has 5 N–H and O–H groups in total. The molecule has 2 rings (SSSR count). The van der Waals surface area contributed by atoms with E-state index in [9.17, 15) is 4.79 Å². The smallest absolute Gasteiger partial charge is 0.343 e. The van der Waals surface area contributed by atoms with Crippen LogP contribution in [0.25, 0.3) is 0 Å². The maximum Gasteiger partial charge on any atom is 0.343 e. The summed E-state index contributed by atoms with van der Waals surface area (Å²) < 4.78 is 4.78. The van der Waals surface area contributed by atoms with Gasteiger partial charge in [0.05, 0.1) is 13.2 Å². The largest absolute Gasteiger partial charge is 0.462 e. The third-order valence-electron chi connectivity index (χ3n) is 2.70. The number of aliphatic hydroxyl groups excluding tert-OH is 1. The van der Waals surface area contributed by atoms with E-state index >= 15 is 0 Å². The summed E-state index contributed by atoms with van der Waals surface area (Å²) in [6.45, 7) is 1.92. The Morgan fingerprint density at radius 3 is 2.12 bits per heavy atom. The highest BCUT2D eigenvalue weighted by Crippen LogP contribution is 2.14. The lowest BCUT2D eigenvalue weighted by atomic mass is 10.3. The summed E-state index contributed by atoms with van der Waals surface area (Å²) in [5.74, 6) is 0.0207. The molecule has 0 bridgehead atoms. The molecule has 2 heterocycles. The molecule has 2 aromatic heterocycles. The van der Waals surface area contributed by atoms with Crippen molar-refractivity contribution in [2.24, 2.45) is 0 Å². The third-order valence-corrected chi connectivity index (χ3v) is 3.83. The zero-order chi connectivity index (χ0) is 18.8. The molecule has 11 heteroatoms. The molecule has 0 aliphatic carbocycles. The Balaban J connectivity index is 0.000000257. The molecule has 2 aromatic rings. The maximum atomic E-state index is 11.3. The highest BCUT2D eigenvalue weighted by Gasteiger charge is 2.12. The molecular weight excluding hydrogens is 364 g/mol. The van der Waals surface area contributed by atoms with Crippen molar-refractivity contribution in [3.63, 3.8) is 0 Å². The molecule has 0 saturated heterocycles. The van der Waals surface area contributed by atoms with Crippen LogP contribution in [0.5, 0.6) is 0 Å². The number of hydrogen-bond acceptors (Lipinski definition) is 11. The number of thioether (sulfide) groups is 2. The van der Waals surface area contributed by atoms with Crippen molar-refractivity contribution >= 4 is 41.1 Å². The van der Waals surface area contributed by atoms with Crippen LogP contribution in [0.1, 0.15) is 22.8 Å². The van der Waals surface area contributed by atoms with Crippen molar-refractivity contribution in [1.82, 2.24) is 19.9 Å². The fourth-order valence-electron chi connectivity index (χ4n) is 1.47. The van der Waals surface area contributed by atoms with E-state index in [1.165, 1.54) is 35.9 Å². The summed E-state index contributed by atoms with van der Waals surface area (Å²) in [6, 6.07) is 0. The number of carbonyl (C=O) groups is 1. The van der Waals surface area contributed by atoms with E-state index < -0.39 is 5.97 Å². The average molecular weight is 384 g/mol. The Morgan fingerprint density at radius 2 is 1.68 bits per heavy atom. The van der Waals surface area contributed by atoms with Gasteiger partial charge in [-0.3, -0.25) is 0 Å². The van der Waals surface area contributed by atoms with Crippen LogP contribution in [0.4, 0.5) is 11.6 Å². The van der Waals surface area contributed by atoms with Gasteiger partial charge in [0.2, 0.25) is 0 Å². The fourth-order valence-corrected chi connectivity index (χ4v) is 2.16. The number of nitrogens with zero attached hydrogens (tertiary/aromatic N) is 4. The second kappa shape index (κ2) is 10.7. The zero-order valence-electron chi connectivity index (χ0n) is 14.1. The Hall–Kier alpha value is -2.11. The molecule has 0 atom stereocenters. The van der Waals surface area contributed by atoms with Crippen molar-refractivity contribution in [1.29, 1.82) is 0 Å². The number of nitrogen functional groups attached to an aromatic ring is 2. The Kier molecular flexibility index (Phi) is 8.95. The Labute approximate surface area is 154 Å². The molecule has 0 aromatic carbocycles. The average Bonchev–Trinajstić information content (AvgIpc) is 2.62. The van der Waals surface area contributed by atoms with Crippen LogP contribution >= 0.6 is 23.5 Å². The van der Waals surface area contributed by atoms with E-state index in [0.29, 0.717) is 28.3 Å². The first-order chi connectivity index (χ1) is 12.0. The minimum atomic E-state index is -0.488. The molecule has 0 fully saturated rings. The molecule has 0 radical (unpaired) electrons. The lowest BCUT2D eigenvalue weighted by molar-refractivity contribution is 0.0526. The number of hydrogen-bond donors (Lipinski definition) is 3. The van der Waals surface area contributed by atoms with Crippen LogP contribution in [0, 0.1) is 0 Å². The van der Waals surface area contributed by atoms with Crippen LogP contribution in [0.15, 0.2) is 22.7 Å². The minimum Gasteiger partial charge on any atom is -0.462 e. The molecule has 0 unspecified atom stereocenters. The molecule has 0 aliphatic rings. The van der Waals surface area contributed by atoms with Gasteiger partial charge in [-0.05, 0) is 19.4 Å². The normalized spacial score (nSPS) is 9.92. The molecular formula is C14H20N6O3S2. The number of ether oxygens (including phenoxy) is 1. The first kappa shape index (κ1) is 20.9. The number of rotatable bonds is 5. The van der Waals surface area contributed by atoms with Crippen LogP contribution in [0.3, 0.4) is 0 Å². The SMILES string of the molecule is CCOC(=O)c1cnc(SC)nc1N.CSc1ncc(CO)c(N)n1. The fraction of sp³-hybridized carbons (Fsp3) is 0.357. The molecule has 0 spiro atoms. The van der Waals surface area contributed by atoms with Gasteiger partial charge in [-0.15, -0.1) is 0 Å². The highest BCUT2D eigenvalue weighted by atomic mass is 32.2. The van der Waals surface area contributed by atoms with Crippen LogP contribution in [-0.2, 0) is 11.3 Å². The number of nitrogens with two attached hydrogens (primary N) is 2. The summed E-state index contributed by atoms with van der Waals surface area (Å²) in [5.41, 5.74) is 11.8. The molecule has 25 heavy (non-hydrogen) atoms. The van der Waals surface area contributed by atoms with Gasteiger partial charge in [-0.1, -0.05) is 23.5 Å². The molecule has 136 valence electrons. The van der Waals surface area contributed by atoms with Crippen molar-refractivity contribution in [2.75, 3.05) is 30.6 Å². The van der Waals surface area contributed by atoms with Gasteiger partial charge in [0.1, 0.15) is 17.2 Å². The lowest BCUT2D eigenvalue weighted by Crippen LogP contribution is -2.10. The highest BCUT2D eigenvalue weighted by molar-refractivity contribution is 7.98. The van der Waals surface area contributed by atoms with Crippen LogP contribution in [0.2, 0.25) is 0 Å². The van der Waals surface area contributed by atoms with Gasteiger partial charge >= 0.3 is 5.97 Å². The van der Waals surface area contributed by atoms with Crippen molar-refractivity contribution in [3.05, 3.63) is 23.5 Å². The van der Waals surface area contributed by atoms with Crippen LogP contribution < -0.4 is 11.5 Å². The minimum absolute atomic E-state index is 0.111. The predicted octanol–water partition coefficient (Wildman–Crippen LogP) is 1.23. The first-order valence-electron chi connectivity index (χ1n) is 7.06. The molecule has 0 aliphatic heterocycles. The van der Waals surface area contributed by atoms with E-state index in [2.05, 4.69) is 19.9 Å². The van der Waals surface area contributed by atoms with Crippen molar-refractivity contribution < 1.29 is 14.6 Å². The van der Waals surface area contributed by atoms with Gasteiger partial charge in [-0.25, -0.2) is 24.7 Å². The zero-order valence-corrected chi connectivity index (χ0v) is 15.7. The van der Waals surface area contributed by atoms with E-state index in [4.69, 9.17) is 21.3 Å².